The van der Waals surface area contributed by atoms with Crippen LogP contribution in [0.2, 0.25) is 0 Å². The van der Waals surface area contributed by atoms with Crippen LogP contribution < -0.4 is 0 Å². The van der Waals surface area contributed by atoms with Crippen LogP contribution >= 0.6 is 0 Å². The Morgan fingerprint density at radius 1 is 0.346 bits per heavy atom. The monoisotopic (exact) mass is 366 g/mol. The lowest BCUT2D eigenvalue weighted by molar-refractivity contribution is 0.356. The van der Waals surface area contributed by atoms with E-state index in [0.717, 1.165) is 0 Å². The summed E-state index contributed by atoms with van der Waals surface area (Å²) in [5.74, 6) is 0. The van der Waals surface area contributed by atoms with Crippen molar-refractivity contribution in [1.82, 2.24) is 0 Å². The lowest BCUT2D eigenvalue weighted by Gasteiger charge is -2.17. The van der Waals surface area contributed by atoms with E-state index in [1.165, 1.54) is 135 Å². The molecule has 0 heterocycles. The van der Waals surface area contributed by atoms with Gasteiger partial charge in [-0.05, 0) is 11.8 Å². The van der Waals surface area contributed by atoms with Crippen molar-refractivity contribution in [3.63, 3.8) is 0 Å². The van der Waals surface area contributed by atoms with Crippen molar-refractivity contribution in [2.45, 2.75) is 163 Å². The van der Waals surface area contributed by atoms with Gasteiger partial charge in [0.05, 0.1) is 0 Å². The molecule has 0 aliphatic rings. The summed E-state index contributed by atoms with van der Waals surface area (Å²) >= 11 is 0. The normalized spacial score (nSPS) is 12.0. The number of rotatable bonds is 20. The number of hydrogen-bond acceptors (Lipinski definition) is 0. The van der Waals surface area contributed by atoms with Crippen molar-refractivity contribution in [2.24, 2.45) is 5.41 Å². The molecule has 0 saturated heterocycles. The Morgan fingerprint density at radius 2 is 0.577 bits per heavy atom. The number of unbranched alkanes of at least 4 members (excludes halogenated alkanes) is 19. The van der Waals surface area contributed by atoms with Crippen LogP contribution in [0.25, 0.3) is 0 Å². The summed E-state index contributed by atoms with van der Waals surface area (Å²) in [4.78, 5) is 0. The quantitative estimate of drug-likeness (QED) is 0.188. The minimum Gasteiger partial charge on any atom is -0.0654 e. The van der Waals surface area contributed by atoms with Gasteiger partial charge in [0.15, 0.2) is 0 Å². The van der Waals surface area contributed by atoms with Gasteiger partial charge >= 0.3 is 0 Å². The molecule has 0 aromatic heterocycles. The molecule has 0 aromatic rings. The van der Waals surface area contributed by atoms with Gasteiger partial charge in [-0.25, -0.2) is 0 Å². The molecule has 0 atom stereocenters. The average molecular weight is 367 g/mol. The van der Waals surface area contributed by atoms with Crippen LogP contribution in [-0.4, -0.2) is 0 Å². The molecule has 0 nitrogen and oxygen atoms in total. The fraction of sp³-hybridized carbons (Fsp3) is 1.00. The zero-order valence-corrected chi connectivity index (χ0v) is 19.3. The Morgan fingerprint density at radius 3 is 0.808 bits per heavy atom. The standard InChI is InChI=1S/C26H54/c1-5-6-7-8-9-10-11-12-13-14-15-16-17-18-19-20-21-22-23-24-25-26(2,3)4/h5-25H2,1-4H3. The van der Waals surface area contributed by atoms with Gasteiger partial charge < -0.3 is 0 Å². The van der Waals surface area contributed by atoms with E-state index in [2.05, 4.69) is 27.7 Å². The maximum atomic E-state index is 2.36. The maximum absolute atomic E-state index is 2.36. The van der Waals surface area contributed by atoms with Crippen LogP contribution in [0.5, 0.6) is 0 Å². The van der Waals surface area contributed by atoms with Gasteiger partial charge in [-0.1, -0.05) is 156 Å². The molecule has 0 rings (SSSR count). The highest BCUT2D eigenvalue weighted by atomic mass is 14.1. The third-order valence-electron chi connectivity index (χ3n) is 5.78. The summed E-state index contributed by atoms with van der Waals surface area (Å²) in [6, 6.07) is 0. The van der Waals surface area contributed by atoms with Crippen LogP contribution in [0, 0.1) is 5.41 Å². The Hall–Kier alpha value is 0. The minimum atomic E-state index is 0.536. The molecule has 0 amide bonds. The molecule has 0 saturated carbocycles. The molecular weight excluding hydrogens is 312 g/mol. The second-order valence-electron chi connectivity index (χ2n) is 10.0. The van der Waals surface area contributed by atoms with Crippen LogP contribution in [0.4, 0.5) is 0 Å². The highest BCUT2D eigenvalue weighted by Gasteiger charge is 2.08. The Bertz CT molecular complexity index is 247. The van der Waals surface area contributed by atoms with Crippen LogP contribution in [0.15, 0.2) is 0 Å². The largest absolute Gasteiger partial charge is 0.0654 e. The summed E-state index contributed by atoms with van der Waals surface area (Å²) < 4.78 is 0. The molecule has 0 radical (unpaired) electrons. The average Bonchev–Trinajstić information content (AvgIpc) is 2.59. The molecule has 0 heteroatoms. The van der Waals surface area contributed by atoms with E-state index >= 15 is 0 Å². The third kappa shape index (κ3) is 24.0. The van der Waals surface area contributed by atoms with Crippen molar-refractivity contribution >= 4 is 0 Å². The second-order valence-corrected chi connectivity index (χ2v) is 10.0. The van der Waals surface area contributed by atoms with Crippen molar-refractivity contribution in [2.75, 3.05) is 0 Å². The molecular formula is C26H54. The van der Waals surface area contributed by atoms with E-state index in [1.54, 1.807) is 0 Å². The first-order valence-electron chi connectivity index (χ1n) is 12.6. The maximum Gasteiger partial charge on any atom is -0.0383 e. The fourth-order valence-electron chi connectivity index (χ4n) is 3.91. The van der Waals surface area contributed by atoms with Crippen molar-refractivity contribution < 1.29 is 0 Å². The molecule has 0 spiro atoms. The van der Waals surface area contributed by atoms with Crippen molar-refractivity contribution in [3.05, 3.63) is 0 Å². The second kappa shape index (κ2) is 19.8. The molecule has 0 bridgehead atoms. The summed E-state index contributed by atoms with van der Waals surface area (Å²) in [5.41, 5.74) is 0.536. The predicted octanol–water partition coefficient (Wildman–Crippen LogP) is 10.2. The van der Waals surface area contributed by atoms with Gasteiger partial charge in [-0.3, -0.25) is 0 Å². The topological polar surface area (TPSA) is 0 Å². The van der Waals surface area contributed by atoms with Crippen molar-refractivity contribution in [1.29, 1.82) is 0 Å². The molecule has 0 aliphatic heterocycles. The van der Waals surface area contributed by atoms with E-state index in [1.807, 2.05) is 0 Å². The smallest absolute Gasteiger partial charge is 0.0383 e. The molecule has 0 aromatic carbocycles. The Labute approximate surface area is 168 Å². The summed E-state index contributed by atoms with van der Waals surface area (Å²) in [7, 11) is 0. The molecule has 158 valence electrons. The van der Waals surface area contributed by atoms with Crippen LogP contribution in [0.3, 0.4) is 0 Å². The first kappa shape index (κ1) is 26.0. The SMILES string of the molecule is CCCCCCCCCCCCCCCCCCCCCCC(C)(C)C. The zero-order chi connectivity index (χ0) is 19.3. The van der Waals surface area contributed by atoms with E-state index in [-0.39, 0.29) is 0 Å². The van der Waals surface area contributed by atoms with Gasteiger partial charge in [-0.2, -0.15) is 0 Å². The van der Waals surface area contributed by atoms with Gasteiger partial charge in [0, 0.05) is 0 Å². The molecule has 0 aliphatic carbocycles. The van der Waals surface area contributed by atoms with Gasteiger partial charge in [0.1, 0.15) is 0 Å². The highest BCUT2D eigenvalue weighted by molar-refractivity contribution is 4.61. The third-order valence-corrected chi connectivity index (χ3v) is 5.78. The van der Waals surface area contributed by atoms with Gasteiger partial charge in [0.25, 0.3) is 0 Å². The van der Waals surface area contributed by atoms with Crippen LogP contribution in [0.1, 0.15) is 163 Å². The summed E-state index contributed by atoms with van der Waals surface area (Å²) in [6.07, 6.45) is 30.8. The first-order valence-corrected chi connectivity index (χ1v) is 12.6. The first-order chi connectivity index (χ1) is 12.6. The fourth-order valence-corrected chi connectivity index (χ4v) is 3.91. The molecule has 0 N–H and O–H groups in total. The molecule has 0 fully saturated rings. The van der Waals surface area contributed by atoms with Crippen LogP contribution in [-0.2, 0) is 0 Å². The minimum absolute atomic E-state index is 0.536. The molecule has 26 heavy (non-hydrogen) atoms. The van der Waals surface area contributed by atoms with E-state index < -0.39 is 0 Å². The Kier molecular flexibility index (Phi) is 19.8. The van der Waals surface area contributed by atoms with E-state index in [0.29, 0.717) is 5.41 Å². The Balaban J connectivity index is 3.01. The zero-order valence-electron chi connectivity index (χ0n) is 19.3. The highest BCUT2D eigenvalue weighted by Crippen LogP contribution is 2.22. The summed E-state index contributed by atoms with van der Waals surface area (Å²) in [5, 5.41) is 0. The van der Waals surface area contributed by atoms with Crippen molar-refractivity contribution in [3.8, 4) is 0 Å². The lowest BCUT2D eigenvalue weighted by atomic mass is 9.89. The molecule has 0 unspecified atom stereocenters. The summed E-state index contributed by atoms with van der Waals surface area (Å²) in [6.45, 7) is 9.39. The number of hydrogen-bond donors (Lipinski definition) is 0. The van der Waals surface area contributed by atoms with E-state index in [4.69, 9.17) is 0 Å². The lowest BCUT2D eigenvalue weighted by Crippen LogP contribution is -2.03. The predicted molar refractivity (Wildman–Crippen MR) is 122 cm³/mol. The van der Waals surface area contributed by atoms with Gasteiger partial charge in [0.2, 0.25) is 0 Å². The van der Waals surface area contributed by atoms with E-state index in [9.17, 15) is 0 Å². The van der Waals surface area contributed by atoms with Gasteiger partial charge in [-0.15, -0.1) is 0 Å².